The van der Waals surface area contributed by atoms with Gasteiger partial charge in [-0.25, -0.2) is 4.79 Å². The number of phenols is 1. The fourth-order valence-electron chi connectivity index (χ4n) is 3.71. The summed E-state index contributed by atoms with van der Waals surface area (Å²) in [5.74, 6) is -0.390. The SMILES string of the molecule is Cc1c(C)c2c(c(C)c1O)C=CC(C)(CCOC(=O)C1C=NC=CC1)O2.O=C(O)c1cccnc1. The number of ether oxygens (including phenoxy) is 2. The van der Waals surface area contributed by atoms with Crippen LogP contribution in [0, 0.1) is 26.7 Å². The molecule has 1 aromatic heterocycles. The Morgan fingerprint density at radius 1 is 1.23 bits per heavy atom. The minimum absolute atomic E-state index is 0.220. The molecule has 2 aliphatic heterocycles. The highest BCUT2D eigenvalue weighted by molar-refractivity contribution is 5.90. The molecular weight excluding hydrogens is 448 g/mol. The highest BCUT2D eigenvalue weighted by atomic mass is 16.5. The average Bonchev–Trinajstić information content (AvgIpc) is 2.87. The molecule has 2 atom stereocenters. The third-order valence-corrected chi connectivity index (χ3v) is 6.10. The third kappa shape index (κ3) is 6.15. The highest BCUT2D eigenvalue weighted by Crippen LogP contribution is 2.42. The first-order valence-corrected chi connectivity index (χ1v) is 11.3. The van der Waals surface area contributed by atoms with Crippen molar-refractivity contribution >= 4 is 24.2 Å². The van der Waals surface area contributed by atoms with Crippen LogP contribution in [0.2, 0.25) is 0 Å². The number of aromatic nitrogens is 1. The molecule has 0 bridgehead atoms. The number of phenolic OH excluding ortho intramolecular Hbond substituents is 1. The van der Waals surface area contributed by atoms with Crippen molar-refractivity contribution < 1.29 is 29.3 Å². The Bertz CT molecular complexity index is 1190. The van der Waals surface area contributed by atoms with E-state index in [-0.39, 0.29) is 24.1 Å². The van der Waals surface area contributed by atoms with Gasteiger partial charge in [0.25, 0.3) is 0 Å². The second-order valence-electron chi connectivity index (χ2n) is 8.70. The van der Waals surface area contributed by atoms with Gasteiger partial charge in [-0.05, 0) is 63.5 Å². The molecule has 2 aliphatic rings. The summed E-state index contributed by atoms with van der Waals surface area (Å²) in [7, 11) is 0. The van der Waals surface area contributed by atoms with Crippen molar-refractivity contribution in [1.82, 2.24) is 4.98 Å². The molecule has 3 heterocycles. The van der Waals surface area contributed by atoms with Gasteiger partial charge >= 0.3 is 11.9 Å². The van der Waals surface area contributed by atoms with E-state index in [1.54, 1.807) is 18.5 Å². The third-order valence-electron chi connectivity index (χ3n) is 6.10. The standard InChI is InChI=1S/C21H25NO4.C6H5NO2/c1-13-14(2)19-17(15(3)18(13)23)7-8-21(4,26-19)9-11-25-20(24)16-6-5-10-22-12-16;8-6(9)5-2-1-3-7-4-5/h5,7-8,10,12,16,23H,6,9,11H2,1-4H3;1-4H,(H,8,9). The summed E-state index contributed by atoms with van der Waals surface area (Å²) >= 11 is 0. The van der Waals surface area contributed by atoms with E-state index in [0.29, 0.717) is 18.6 Å². The molecule has 8 nitrogen and oxygen atoms in total. The van der Waals surface area contributed by atoms with E-state index in [4.69, 9.17) is 14.6 Å². The van der Waals surface area contributed by atoms with Crippen LogP contribution in [-0.2, 0) is 9.53 Å². The number of aliphatic imine (C=N–C) groups is 1. The topological polar surface area (TPSA) is 118 Å². The van der Waals surface area contributed by atoms with E-state index in [0.717, 1.165) is 28.0 Å². The van der Waals surface area contributed by atoms with E-state index in [2.05, 4.69) is 9.98 Å². The lowest BCUT2D eigenvalue weighted by Gasteiger charge is -2.34. The Morgan fingerprint density at radius 2 is 2.00 bits per heavy atom. The molecule has 184 valence electrons. The first-order valence-electron chi connectivity index (χ1n) is 11.3. The van der Waals surface area contributed by atoms with Crippen molar-refractivity contribution in [3.05, 3.63) is 70.7 Å². The van der Waals surface area contributed by atoms with Crippen molar-refractivity contribution in [2.75, 3.05) is 6.61 Å². The summed E-state index contributed by atoms with van der Waals surface area (Å²) in [5.41, 5.74) is 3.14. The normalized spacial score (nSPS) is 19.7. The van der Waals surface area contributed by atoms with Crippen LogP contribution in [-0.4, -0.2) is 45.6 Å². The van der Waals surface area contributed by atoms with Crippen molar-refractivity contribution in [3.8, 4) is 11.5 Å². The first kappa shape index (κ1) is 25.7. The average molecular weight is 479 g/mol. The van der Waals surface area contributed by atoms with E-state index in [9.17, 15) is 14.7 Å². The number of esters is 1. The summed E-state index contributed by atoms with van der Waals surface area (Å²) in [6, 6.07) is 3.08. The molecule has 35 heavy (non-hydrogen) atoms. The van der Waals surface area contributed by atoms with Crippen molar-refractivity contribution in [1.29, 1.82) is 0 Å². The number of carbonyl (C=O) groups is 2. The van der Waals surface area contributed by atoms with E-state index >= 15 is 0 Å². The van der Waals surface area contributed by atoms with Crippen LogP contribution < -0.4 is 4.74 Å². The number of nitrogens with zero attached hydrogens (tertiary/aromatic N) is 2. The zero-order valence-electron chi connectivity index (χ0n) is 20.3. The van der Waals surface area contributed by atoms with Crippen molar-refractivity contribution in [3.63, 3.8) is 0 Å². The van der Waals surface area contributed by atoms with Gasteiger partial charge in [-0.3, -0.25) is 14.8 Å². The Kier molecular flexibility index (Phi) is 8.06. The van der Waals surface area contributed by atoms with Crippen LogP contribution >= 0.6 is 0 Å². The van der Waals surface area contributed by atoms with Gasteiger partial charge < -0.3 is 19.7 Å². The Labute approximate surface area is 204 Å². The first-order chi connectivity index (χ1) is 16.6. The molecule has 2 N–H and O–H groups in total. The summed E-state index contributed by atoms with van der Waals surface area (Å²) in [6.07, 6.45) is 13.1. The fourth-order valence-corrected chi connectivity index (χ4v) is 3.71. The number of fused-ring (bicyclic) bond motifs is 1. The Morgan fingerprint density at radius 3 is 2.60 bits per heavy atom. The maximum atomic E-state index is 12.1. The number of aromatic hydroxyl groups is 1. The second kappa shape index (κ2) is 11.0. The van der Waals surface area contributed by atoms with Gasteiger partial charge in [-0.2, -0.15) is 0 Å². The maximum Gasteiger partial charge on any atom is 0.337 e. The lowest BCUT2D eigenvalue weighted by molar-refractivity contribution is -0.146. The number of hydrogen-bond acceptors (Lipinski definition) is 7. The monoisotopic (exact) mass is 478 g/mol. The lowest BCUT2D eigenvalue weighted by atomic mass is 9.91. The van der Waals surface area contributed by atoms with E-state index < -0.39 is 11.6 Å². The van der Waals surface area contributed by atoms with Gasteiger partial charge in [0.1, 0.15) is 17.1 Å². The number of hydrogen-bond donors (Lipinski definition) is 2. The molecule has 0 saturated heterocycles. The molecule has 0 spiro atoms. The fraction of sp³-hybridized carbons (Fsp3) is 0.333. The zero-order valence-corrected chi connectivity index (χ0v) is 20.3. The molecule has 0 aliphatic carbocycles. The van der Waals surface area contributed by atoms with Crippen LogP contribution in [0.5, 0.6) is 11.5 Å². The van der Waals surface area contributed by atoms with Crippen LogP contribution in [0.1, 0.15) is 52.4 Å². The van der Waals surface area contributed by atoms with Gasteiger partial charge in [0.15, 0.2) is 0 Å². The number of benzene rings is 1. The molecule has 1 aromatic carbocycles. The molecule has 4 rings (SSSR count). The number of carbonyl (C=O) groups excluding carboxylic acids is 1. The van der Waals surface area contributed by atoms with Crippen LogP contribution in [0.4, 0.5) is 0 Å². The van der Waals surface area contributed by atoms with Crippen LogP contribution in [0.15, 0.2) is 47.9 Å². The minimum Gasteiger partial charge on any atom is -0.507 e. The molecule has 0 radical (unpaired) electrons. The molecule has 8 heteroatoms. The van der Waals surface area contributed by atoms with E-state index in [1.807, 2.05) is 45.9 Å². The van der Waals surface area contributed by atoms with Gasteiger partial charge in [-0.15, -0.1) is 0 Å². The second-order valence-corrected chi connectivity index (χ2v) is 8.70. The summed E-state index contributed by atoms with van der Waals surface area (Å²) < 4.78 is 11.7. The summed E-state index contributed by atoms with van der Waals surface area (Å²) in [6.45, 7) is 7.97. The Balaban J connectivity index is 0.000000320. The predicted molar refractivity (Wildman–Crippen MR) is 133 cm³/mol. The lowest BCUT2D eigenvalue weighted by Crippen LogP contribution is -2.34. The van der Waals surface area contributed by atoms with Gasteiger partial charge in [-0.1, -0.05) is 12.2 Å². The molecule has 2 aromatic rings. The quantitative estimate of drug-likeness (QED) is 0.593. The molecule has 2 unspecified atom stereocenters. The molecule has 0 saturated carbocycles. The van der Waals surface area contributed by atoms with E-state index in [1.165, 1.54) is 18.5 Å². The number of pyridine rings is 1. The number of allylic oxidation sites excluding steroid dienone is 1. The number of carboxylic acid groups (broad SMARTS) is 1. The number of rotatable bonds is 5. The van der Waals surface area contributed by atoms with Gasteiger partial charge in [0.2, 0.25) is 0 Å². The van der Waals surface area contributed by atoms with Crippen LogP contribution in [0.3, 0.4) is 0 Å². The predicted octanol–water partition coefficient (Wildman–Crippen LogP) is 4.80. The minimum atomic E-state index is -0.942. The maximum absolute atomic E-state index is 12.1. The Hall–Kier alpha value is -3.94. The smallest absolute Gasteiger partial charge is 0.337 e. The van der Waals surface area contributed by atoms with Crippen LogP contribution in [0.25, 0.3) is 6.08 Å². The van der Waals surface area contributed by atoms with Gasteiger partial charge in [0.05, 0.1) is 18.1 Å². The summed E-state index contributed by atoms with van der Waals surface area (Å²) in [4.78, 5) is 29.9. The molecular formula is C27H30N2O6. The zero-order chi connectivity index (χ0) is 25.6. The van der Waals surface area contributed by atoms with Crippen molar-refractivity contribution in [2.45, 2.75) is 46.1 Å². The molecule has 0 amide bonds. The number of carboxylic acids is 1. The highest BCUT2D eigenvalue weighted by Gasteiger charge is 2.31. The largest absolute Gasteiger partial charge is 0.507 e. The summed E-state index contributed by atoms with van der Waals surface area (Å²) in [5, 5.41) is 18.6. The van der Waals surface area contributed by atoms with Crippen molar-refractivity contribution in [2.24, 2.45) is 10.9 Å². The number of aromatic carboxylic acids is 1. The van der Waals surface area contributed by atoms with Gasteiger partial charge in [0, 0.05) is 42.4 Å². The molecule has 0 fully saturated rings.